The van der Waals surface area contributed by atoms with Crippen molar-refractivity contribution in [2.45, 2.75) is 12.5 Å². The van der Waals surface area contributed by atoms with Crippen molar-refractivity contribution in [1.82, 2.24) is 5.32 Å². The van der Waals surface area contributed by atoms with Gasteiger partial charge in [0.2, 0.25) is 5.91 Å². The third kappa shape index (κ3) is 4.21. The molecule has 1 fully saturated rings. The zero-order valence-electron chi connectivity index (χ0n) is 7.62. The van der Waals surface area contributed by atoms with Crippen molar-refractivity contribution in [3.05, 3.63) is 0 Å². The first-order valence-electron chi connectivity index (χ1n) is 4.49. The third-order valence-electron chi connectivity index (χ3n) is 1.80. The van der Waals surface area contributed by atoms with Crippen molar-refractivity contribution >= 4 is 5.91 Å². The topological polar surface area (TPSA) is 73.6 Å². The first-order valence-corrected chi connectivity index (χ1v) is 4.49. The minimum absolute atomic E-state index is 0.0867. The van der Waals surface area contributed by atoms with Gasteiger partial charge < -0.3 is 20.5 Å². The summed E-state index contributed by atoms with van der Waals surface area (Å²) in [6.45, 7) is 2.40. The van der Waals surface area contributed by atoms with E-state index in [1.165, 1.54) is 0 Å². The molecule has 0 aromatic carbocycles. The zero-order valence-corrected chi connectivity index (χ0v) is 7.62. The summed E-state index contributed by atoms with van der Waals surface area (Å²) in [6.07, 6.45) is 0.966. The molecule has 0 spiro atoms. The van der Waals surface area contributed by atoms with Crippen LogP contribution < -0.4 is 11.1 Å². The van der Waals surface area contributed by atoms with E-state index >= 15 is 0 Å². The third-order valence-corrected chi connectivity index (χ3v) is 1.80. The molecule has 76 valence electrons. The molecule has 1 heterocycles. The van der Waals surface area contributed by atoms with Crippen LogP contribution in [0.15, 0.2) is 0 Å². The molecule has 0 aliphatic carbocycles. The van der Waals surface area contributed by atoms with E-state index < -0.39 is 0 Å². The predicted octanol–water partition coefficient (Wildman–Crippen LogP) is -1.13. The zero-order chi connectivity index (χ0) is 9.52. The van der Waals surface area contributed by atoms with Crippen LogP contribution in [-0.4, -0.2) is 44.9 Å². The van der Waals surface area contributed by atoms with E-state index in [1.807, 2.05) is 0 Å². The number of rotatable bonds is 5. The van der Waals surface area contributed by atoms with Crippen LogP contribution in [-0.2, 0) is 14.3 Å². The maximum atomic E-state index is 11.0. The van der Waals surface area contributed by atoms with Crippen LogP contribution in [0, 0.1) is 0 Å². The average Bonchev–Trinajstić information content (AvgIpc) is 2.64. The normalized spacial score (nSPS) is 21.8. The molecule has 3 N–H and O–H groups in total. The number of hydrogen-bond donors (Lipinski definition) is 2. The van der Waals surface area contributed by atoms with Crippen molar-refractivity contribution in [3.63, 3.8) is 0 Å². The minimum Gasteiger partial charge on any atom is -0.379 e. The van der Waals surface area contributed by atoms with Gasteiger partial charge in [0.05, 0.1) is 12.7 Å². The van der Waals surface area contributed by atoms with Gasteiger partial charge in [0.25, 0.3) is 0 Å². The van der Waals surface area contributed by atoms with Crippen molar-refractivity contribution < 1.29 is 14.3 Å². The van der Waals surface area contributed by atoms with Crippen LogP contribution >= 0.6 is 0 Å². The Kier molecular flexibility index (Phi) is 4.74. The molecule has 5 nitrogen and oxygen atoms in total. The Balaban J connectivity index is 2.00. The Hall–Kier alpha value is -0.650. The van der Waals surface area contributed by atoms with E-state index in [-0.39, 0.29) is 18.6 Å². The fourth-order valence-electron chi connectivity index (χ4n) is 1.10. The van der Waals surface area contributed by atoms with Crippen molar-refractivity contribution in [2.24, 2.45) is 5.73 Å². The molecule has 0 aromatic heterocycles. The van der Waals surface area contributed by atoms with E-state index in [0.717, 1.165) is 13.0 Å². The summed E-state index contributed by atoms with van der Waals surface area (Å²) in [5.41, 5.74) is 5.22. The van der Waals surface area contributed by atoms with Crippen LogP contribution in [0.5, 0.6) is 0 Å². The number of hydrogen-bond acceptors (Lipinski definition) is 4. The number of amides is 1. The van der Waals surface area contributed by atoms with Crippen LogP contribution in [0.1, 0.15) is 6.42 Å². The second-order valence-corrected chi connectivity index (χ2v) is 2.94. The molecule has 0 bridgehead atoms. The molecule has 1 aliphatic rings. The highest BCUT2D eigenvalue weighted by Gasteiger charge is 2.16. The average molecular weight is 188 g/mol. The van der Waals surface area contributed by atoms with E-state index in [4.69, 9.17) is 15.2 Å². The lowest BCUT2D eigenvalue weighted by Crippen LogP contribution is -2.33. The quantitative estimate of drug-likeness (QED) is 0.572. The molecule has 5 heteroatoms. The standard InChI is InChI=1S/C8H16N2O3/c9-2-3-10-8(11)6-13-7-1-4-12-5-7/h7H,1-6,9H2,(H,10,11). The largest absolute Gasteiger partial charge is 0.379 e. The Bertz CT molecular complexity index is 157. The smallest absolute Gasteiger partial charge is 0.246 e. The van der Waals surface area contributed by atoms with Gasteiger partial charge in [0.15, 0.2) is 0 Å². The SMILES string of the molecule is NCCNC(=O)COC1CCOC1. The Labute approximate surface area is 77.6 Å². The number of nitrogens with two attached hydrogens (primary N) is 1. The molecule has 1 saturated heterocycles. The van der Waals surface area contributed by atoms with E-state index in [2.05, 4.69) is 5.32 Å². The molecule has 1 atom stereocenters. The highest BCUT2D eigenvalue weighted by atomic mass is 16.5. The Morgan fingerprint density at radius 1 is 1.69 bits per heavy atom. The van der Waals surface area contributed by atoms with Crippen LogP contribution in [0.4, 0.5) is 0 Å². The lowest BCUT2D eigenvalue weighted by atomic mass is 10.3. The number of ether oxygens (including phenoxy) is 2. The molecular formula is C8H16N2O3. The van der Waals surface area contributed by atoms with Gasteiger partial charge in [0, 0.05) is 19.7 Å². The highest BCUT2D eigenvalue weighted by Crippen LogP contribution is 2.07. The highest BCUT2D eigenvalue weighted by molar-refractivity contribution is 5.77. The summed E-state index contributed by atoms with van der Waals surface area (Å²) in [5, 5.41) is 2.63. The summed E-state index contributed by atoms with van der Waals surface area (Å²) in [4.78, 5) is 11.0. The Morgan fingerprint density at radius 2 is 2.54 bits per heavy atom. The summed E-state index contributed by atoms with van der Waals surface area (Å²) in [5.74, 6) is -0.114. The van der Waals surface area contributed by atoms with E-state index in [1.54, 1.807) is 0 Å². The molecule has 0 saturated carbocycles. The summed E-state index contributed by atoms with van der Waals surface area (Å²) in [6, 6.07) is 0. The van der Waals surface area contributed by atoms with Gasteiger partial charge in [-0.05, 0) is 6.42 Å². The predicted molar refractivity (Wildman–Crippen MR) is 47.2 cm³/mol. The molecule has 0 radical (unpaired) electrons. The molecule has 1 rings (SSSR count). The maximum Gasteiger partial charge on any atom is 0.246 e. The maximum absolute atomic E-state index is 11.0. The number of nitrogens with one attached hydrogen (secondary N) is 1. The molecule has 1 aliphatic heterocycles. The summed E-state index contributed by atoms with van der Waals surface area (Å²) >= 11 is 0. The van der Waals surface area contributed by atoms with Crippen LogP contribution in [0.2, 0.25) is 0 Å². The minimum atomic E-state index is -0.114. The van der Waals surface area contributed by atoms with Crippen LogP contribution in [0.25, 0.3) is 0 Å². The summed E-state index contributed by atoms with van der Waals surface area (Å²) < 4.78 is 10.4. The second kappa shape index (κ2) is 5.90. The van der Waals surface area contributed by atoms with Crippen molar-refractivity contribution in [1.29, 1.82) is 0 Å². The van der Waals surface area contributed by atoms with Gasteiger partial charge in [-0.15, -0.1) is 0 Å². The first-order chi connectivity index (χ1) is 6.33. The van der Waals surface area contributed by atoms with E-state index in [0.29, 0.717) is 19.7 Å². The lowest BCUT2D eigenvalue weighted by molar-refractivity contribution is -0.127. The number of carbonyl (C=O) groups excluding carboxylic acids is 1. The molecule has 0 aromatic rings. The van der Waals surface area contributed by atoms with E-state index in [9.17, 15) is 4.79 Å². The van der Waals surface area contributed by atoms with Crippen molar-refractivity contribution in [3.8, 4) is 0 Å². The van der Waals surface area contributed by atoms with Gasteiger partial charge in [-0.25, -0.2) is 0 Å². The lowest BCUT2D eigenvalue weighted by Gasteiger charge is -2.09. The molecule has 13 heavy (non-hydrogen) atoms. The second-order valence-electron chi connectivity index (χ2n) is 2.94. The number of carbonyl (C=O) groups is 1. The van der Waals surface area contributed by atoms with Crippen LogP contribution in [0.3, 0.4) is 0 Å². The van der Waals surface area contributed by atoms with Gasteiger partial charge in [0.1, 0.15) is 6.61 Å². The fourth-order valence-corrected chi connectivity index (χ4v) is 1.10. The monoisotopic (exact) mass is 188 g/mol. The summed E-state index contributed by atoms with van der Waals surface area (Å²) in [7, 11) is 0. The first kappa shape index (κ1) is 10.4. The van der Waals surface area contributed by atoms with Crippen molar-refractivity contribution in [2.75, 3.05) is 32.9 Å². The molecule has 1 unspecified atom stereocenters. The molecule has 1 amide bonds. The fraction of sp³-hybridized carbons (Fsp3) is 0.875. The van der Waals surface area contributed by atoms with Gasteiger partial charge in [-0.3, -0.25) is 4.79 Å². The van der Waals surface area contributed by atoms with Gasteiger partial charge in [-0.2, -0.15) is 0 Å². The molecular weight excluding hydrogens is 172 g/mol. The van der Waals surface area contributed by atoms with Gasteiger partial charge in [-0.1, -0.05) is 0 Å². The Morgan fingerprint density at radius 3 is 3.15 bits per heavy atom. The van der Waals surface area contributed by atoms with Gasteiger partial charge >= 0.3 is 0 Å².